The summed E-state index contributed by atoms with van der Waals surface area (Å²) in [6.45, 7) is 7.58. The van der Waals surface area contributed by atoms with E-state index in [4.69, 9.17) is 14.2 Å². The van der Waals surface area contributed by atoms with Crippen LogP contribution >= 0.6 is 0 Å². The number of benzene rings is 3. The van der Waals surface area contributed by atoms with Gasteiger partial charge in [0.1, 0.15) is 11.4 Å². The molecule has 2 heterocycles. The molecule has 0 aromatic heterocycles. The molecule has 2 aliphatic rings. The first-order valence-corrected chi connectivity index (χ1v) is 17.2. The van der Waals surface area contributed by atoms with Crippen LogP contribution < -0.4 is 10.1 Å². The predicted molar refractivity (Wildman–Crippen MR) is 178 cm³/mol. The molecule has 3 aromatic rings. The molecule has 0 radical (unpaired) electrons. The van der Waals surface area contributed by atoms with Gasteiger partial charge in [-0.25, -0.2) is 13.2 Å². The van der Waals surface area contributed by atoms with Crippen molar-refractivity contribution in [2.45, 2.75) is 63.1 Å². The van der Waals surface area contributed by atoms with Crippen molar-refractivity contribution in [1.29, 1.82) is 0 Å². The summed E-state index contributed by atoms with van der Waals surface area (Å²) in [7, 11) is -1.46. The third-order valence-corrected chi connectivity index (χ3v) is 9.81. The molecule has 1 amide bonds. The minimum Gasteiger partial charge on any atom is -0.482 e. The quantitative estimate of drug-likeness (QED) is 0.287. The maximum absolute atomic E-state index is 13.3. The van der Waals surface area contributed by atoms with E-state index >= 15 is 0 Å². The molecule has 2 aliphatic heterocycles. The van der Waals surface area contributed by atoms with Crippen LogP contribution in [0.2, 0.25) is 0 Å². The number of anilines is 1. The van der Waals surface area contributed by atoms with Crippen LogP contribution in [0.1, 0.15) is 51.2 Å². The van der Waals surface area contributed by atoms with E-state index in [1.807, 2.05) is 36.4 Å². The molecular weight excluding hydrogens is 604 g/mol. The van der Waals surface area contributed by atoms with Crippen molar-refractivity contribution in [3.05, 3.63) is 83.4 Å². The largest absolute Gasteiger partial charge is 0.482 e. The average Bonchev–Trinajstić information content (AvgIpc) is 3.16. The highest BCUT2D eigenvalue weighted by molar-refractivity contribution is 7.91. The highest BCUT2D eigenvalue weighted by Gasteiger charge is 2.25. The maximum Gasteiger partial charge on any atom is 0.344 e. The number of sulfone groups is 1. The average molecular weight is 647 g/mol. The third-order valence-electron chi connectivity index (χ3n) is 8.03. The number of esters is 1. The van der Waals surface area contributed by atoms with Crippen LogP contribution in [0.4, 0.5) is 5.69 Å². The molecule has 3 aromatic carbocycles. The van der Waals surface area contributed by atoms with Gasteiger partial charge in [-0.05, 0) is 112 Å². The Morgan fingerprint density at radius 3 is 2.30 bits per heavy atom. The summed E-state index contributed by atoms with van der Waals surface area (Å²) < 4.78 is 42.6. The van der Waals surface area contributed by atoms with Gasteiger partial charge in [0.2, 0.25) is 0 Å². The first-order valence-electron chi connectivity index (χ1n) is 15.6. The number of nitrogens with zero attached hydrogens (tertiary/aromatic N) is 1. The van der Waals surface area contributed by atoms with Crippen molar-refractivity contribution < 1.29 is 32.2 Å². The number of carbonyl (C=O) groups excluding carboxylic acids is 2. The molecule has 0 spiro atoms. The SMILES string of the molecule is CN(Cc1ccc(NC(=O)C2=Cc3cc(-c4ccc(OCC(=O)OC(C)(C)C)cc4)ccc3S(=O)(=O)CC2)cc1)C1CCOCC1. The van der Waals surface area contributed by atoms with Crippen LogP contribution in [-0.4, -0.2) is 69.5 Å². The van der Waals surface area contributed by atoms with Crippen molar-refractivity contribution >= 4 is 33.5 Å². The van der Waals surface area contributed by atoms with Crippen LogP contribution in [0.3, 0.4) is 0 Å². The number of rotatable bonds is 9. The normalized spacial score (nSPS) is 16.6. The van der Waals surface area contributed by atoms with Gasteiger partial charge < -0.3 is 19.5 Å². The lowest BCUT2D eigenvalue weighted by molar-refractivity contribution is -0.157. The Morgan fingerprint density at radius 1 is 0.957 bits per heavy atom. The zero-order valence-corrected chi connectivity index (χ0v) is 27.7. The van der Waals surface area contributed by atoms with Crippen LogP contribution in [0.5, 0.6) is 5.75 Å². The molecule has 5 rings (SSSR count). The van der Waals surface area contributed by atoms with E-state index in [1.165, 1.54) is 0 Å². The lowest BCUT2D eigenvalue weighted by atomic mass is 10.0. The van der Waals surface area contributed by atoms with Crippen LogP contribution in [0, 0.1) is 0 Å². The molecule has 0 unspecified atom stereocenters. The van der Waals surface area contributed by atoms with E-state index in [9.17, 15) is 18.0 Å². The number of ether oxygens (including phenoxy) is 3. The van der Waals surface area contributed by atoms with Crippen molar-refractivity contribution in [1.82, 2.24) is 4.90 Å². The standard InChI is InChI=1S/C36H42N2O7S/c1-36(2,3)45-34(39)24-44-32-12-7-26(8-13-32)27-9-14-33-29(21-27)22-28(17-20-46(33,41)42)35(40)37-30-10-5-25(6-11-30)23-38(4)31-15-18-43-19-16-31/h5-14,21-22,31H,15-20,23-24H2,1-4H3,(H,37,40). The summed E-state index contributed by atoms with van der Waals surface area (Å²) in [5, 5.41) is 2.95. The fourth-order valence-corrected chi connectivity index (χ4v) is 7.08. The molecule has 46 heavy (non-hydrogen) atoms. The van der Waals surface area contributed by atoms with Crippen molar-refractivity contribution in [3.63, 3.8) is 0 Å². The molecular formula is C36H42N2O7S. The summed E-state index contributed by atoms with van der Waals surface area (Å²) in [6, 6.07) is 20.6. The zero-order chi connectivity index (χ0) is 32.9. The van der Waals surface area contributed by atoms with Crippen molar-refractivity contribution in [2.24, 2.45) is 0 Å². The molecule has 0 atom stereocenters. The van der Waals surface area contributed by atoms with Gasteiger partial charge in [0.25, 0.3) is 5.91 Å². The lowest BCUT2D eigenvalue weighted by Gasteiger charge is -2.31. The fourth-order valence-electron chi connectivity index (χ4n) is 5.62. The number of amides is 1. The molecule has 10 heteroatoms. The van der Waals surface area contributed by atoms with Crippen molar-refractivity contribution in [2.75, 3.05) is 37.9 Å². The van der Waals surface area contributed by atoms with Gasteiger partial charge in [-0.3, -0.25) is 9.69 Å². The van der Waals surface area contributed by atoms with Gasteiger partial charge in [-0.1, -0.05) is 30.3 Å². The van der Waals surface area contributed by atoms with E-state index in [-0.39, 0.29) is 29.6 Å². The Labute approximate surface area is 271 Å². The summed E-state index contributed by atoms with van der Waals surface area (Å²) in [5.74, 6) is -0.432. The zero-order valence-electron chi connectivity index (χ0n) is 26.9. The number of carbonyl (C=O) groups is 2. The van der Waals surface area contributed by atoms with Crippen LogP contribution in [0.15, 0.2) is 77.2 Å². The smallest absolute Gasteiger partial charge is 0.344 e. The van der Waals surface area contributed by atoms with E-state index in [0.717, 1.165) is 49.3 Å². The first kappa shape index (κ1) is 33.4. The monoisotopic (exact) mass is 646 g/mol. The van der Waals surface area contributed by atoms with Gasteiger partial charge >= 0.3 is 5.97 Å². The first-order chi connectivity index (χ1) is 21.9. The van der Waals surface area contributed by atoms with Crippen molar-refractivity contribution in [3.8, 4) is 16.9 Å². The van der Waals surface area contributed by atoms with Gasteiger partial charge in [0.15, 0.2) is 16.4 Å². The Morgan fingerprint density at radius 2 is 1.63 bits per heavy atom. The molecule has 0 bridgehead atoms. The van der Waals surface area contributed by atoms with E-state index < -0.39 is 21.4 Å². The highest BCUT2D eigenvalue weighted by atomic mass is 32.2. The molecule has 9 nitrogen and oxygen atoms in total. The number of nitrogens with one attached hydrogen (secondary N) is 1. The second-order valence-corrected chi connectivity index (χ2v) is 14.9. The minimum absolute atomic E-state index is 0.107. The number of fused-ring (bicyclic) bond motifs is 1. The van der Waals surface area contributed by atoms with Crippen LogP contribution in [-0.2, 0) is 35.4 Å². The fraction of sp³-hybridized carbons (Fsp3) is 0.389. The summed E-state index contributed by atoms with van der Waals surface area (Å²) in [6.07, 6.45) is 3.83. The Kier molecular flexibility index (Phi) is 10.3. The second kappa shape index (κ2) is 14.2. The van der Waals surface area contributed by atoms with Gasteiger partial charge in [-0.2, -0.15) is 0 Å². The minimum atomic E-state index is -3.59. The van der Waals surface area contributed by atoms with Gasteiger partial charge in [0, 0.05) is 37.1 Å². The van der Waals surface area contributed by atoms with Gasteiger partial charge in [-0.15, -0.1) is 0 Å². The lowest BCUT2D eigenvalue weighted by Crippen LogP contribution is -2.36. The third kappa shape index (κ3) is 8.84. The maximum atomic E-state index is 13.3. The molecule has 1 fully saturated rings. The molecule has 1 N–H and O–H groups in total. The molecule has 0 aliphatic carbocycles. The summed E-state index contributed by atoms with van der Waals surface area (Å²) >= 11 is 0. The topological polar surface area (TPSA) is 111 Å². The molecule has 244 valence electrons. The Balaban J connectivity index is 1.27. The predicted octanol–water partition coefficient (Wildman–Crippen LogP) is 5.88. The van der Waals surface area contributed by atoms with Crippen LogP contribution in [0.25, 0.3) is 17.2 Å². The summed E-state index contributed by atoms with van der Waals surface area (Å²) in [4.78, 5) is 27.9. The number of hydrogen-bond donors (Lipinski definition) is 1. The van der Waals surface area contributed by atoms with E-state index in [0.29, 0.717) is 28.6 Å². The van der Waals surface area contributed by atoms with E-state index in [2.05, 4.69) is 17.3 Å². The summed E-state index contributed by atoms with van der Waals surface area (Å²) in [5.41, 5.74) is 3.69. The number of hydrogen-bond acceptors (Lipinski definition) is 8. The Bertz CT molecular complexity index is 1690. The second-order valence-electron chi connectivity index (χ2n) is 12.8. The Hall–Kier alpha value is -3.99. The van der Waals surface area contributed by atoms with Gasteiger partial charge in [0.05, 0.1) is 10.6 Å². The van der Waals surface area contributed by atoms with E-state index in [1.54, 1.807) is 57.2 Å². The highest BCUT2D eigenvalue weighted by Crippen LogP contribution is 2.32. The molecule has 0 saturated carbocycles. The molecule has 1 saturated heterocycles.